The van der Waals surface area contributed by atoms with Crippen molar-refractivity contribution in [1.82, 2.24) is 0 Å². The summed E-state index contributed by atoms with van der Waals surface area (Å²) in [4.78, 5) is 0. The molecule has 4 heteroatoms. The lowest BCUT2D eigenvalue weighted by Crippen LogP contribution is -1.90. The Labute approximate surface area is 73.2 Å². The van der Waals surface area contributed by atoms with Crippen LogP contribution in [0.5, 0.6) is 0 Å². The second-order valence-electron chi connectivity index (χ2n) is 2.19. The molecule has 0 N–H and O–H groups in total. The SMILES string of the molecule is N#CCc1cc(F)c(F)cc1Cl. The smallest absolute Gasteiger partial charge is 0.160 e. The quantitative estimate of drug-likeness (QED) is 0.620. The van der Waals surface area contributed by atoms with E-state index in [1.54, 1.807) is 6.07 Å². The predicted molar refractivity (Wildman–Crippen MR) is 40.7 cm³/mol. The first-order valence-corrected chi connectivity index (χ1v) is 3.53. The van der Waals surface area contributed by atoms with E-state index in [1.807, 2.05) is 0 Å². The van der Waals surface area contributed by atoms with Crippen LogP contribution in [0.4, 0.5) is 8.78 Å². The maximum Gasteiger partial charge on any atom is 0.160 e. The molecule has 0 atom stereocenters. The third kappa shape index (κ3) is 1.72. The van der Waals surface area contributed by atoms with E-state index in [9.17, 15) is 8.78 Å². The molecule has 0 aliphatic carbocycles. The number of nitriles is 1. The summed E-state index contributed by atoms with van der Waals surface area (Å²) in [5, 5.41) is 8.36. The van der Waals surface area contributed by atoms with Gasteiger partial charge < -0.3 is 0 Å². The number of benzene rings is 1. The van der Waals surface area contributed by atoms with Gasteiger partial charge in [0.1, 0.15) is 0 Å². The fourth-order valence-corrected chi connectivity index (χ4v) is 1.00. The summed E-state index contributed by atoms with van der Waals surface area (Å²) in [7, 11) is 0. The maximum atomic E-state index is 12.5. The Morgan fingerprint density at radius 2 is 1.92 bits per heavy atom. The van der Waals surface area contributed by atoms with Gasteiger partial charge in [-0.15, -0.1) is 0 Å². The Morgan fingerprint density at radius 3 is 2.50 bits per heavy atom. The monoisotopic (exact) mass is 187 g/mol. The van der Waals surface area contributed by atoms with E-state index in [2.05, 4.69) is 0 Å². The van der Waals surface area contributed by atoms with Gasteiger partial charge in [0.05, 0.1) is 12.5 Å². The first-order chi connectivity index (χ1) is 5.65. The van der Waals surface area contributed by atoms with Crippen LogP contribution in [0.3, 0.4) is 0 Å². The van der Waals surface area contributed by atoms with Gasteiger partial charge in [-0.3, -0.25) is 0 Å². The minimum absolute atomic E-state index is 0.0178. The first kappa shape index (κ1) is 8.95. The number of hydrogen-bond acceptors (Lipinski definition) is 1. The van der Waals surface area contributed by atoms with Crippen molar-refractivity contribution in [2.24, 2.45) is 0 Å². The lowest BCUT2D eigenvalue weighted by Gasteiger charge is -1.99. The highest BCUT2D eigenvalue weighted by Crippen LogP contribution is 2.19. The highest BCUT2D eigenvalue weighted by Gasteiger charge is 2.07. The molecule has 0 saturated heterocycles. The van der Waals surface area contributed by atoms with E-state index in [4.69, 9.17) is 16.9 Å². The summed E-state index contributed by atoms with van der Waals surface area (Å²) in [6.45, 7) is 0. The zero-order chi connectivity index (χ0) is 9.14. The Kier molecular flexibility index (Phi) is 2.61. The molecule has 0 bridgehead atoms. The number of halogens is 3. The summed E-state index contributed by atoms with van der Waals surface area (Å²) in [5.41, 5.74) is 0.304. The largest absolute Gasteiger partial charge is 0.204 e. The van der Waals surface area contributed by atoms with E-state index in [0.717, 1.165) is 12.1 Å². The topological polar surface area (TPSA) is 23.8 Å². The van der Waals surface area contributed by atoms with Crippen molar-refractivity contribution in [1.29, 1.82) is 5.26 Å². The average molecular weight is 188 g/mol. The highest BCUT2D eigenvalue weighted by atomic mass is 35.5. The summed E-state index contributed by atoms with van der Waals surface area (Å²) in [6, 6.07) is 3.59. The summed E-state index contributed by atoms with van der Waals surface area (Å²) in [6.07, 6.45) is -0.0178. The first-order valence-electron chi connectivity index (χ1n) is 3.15. The average Bonchev–Trinajstić information content (AvgIpc) is 2.01. The zero-order valence-electron chi connectivity index (χ0n) is 5.94. The van der Waals surface area contributed by atoms with Gasteiger partial charge in [-0.25, -0.2) is 8.78 Å². The fraction of sp³-hybridized carbons (Fsp3) is 0.125. The van der Waals surface area contributed by atoms with Gasteiger partial charge in [0.25, 0.3) is 0 Å². The van der Waals surface area contributed by atoms with Gasteiger partial charge in [-0.1, -0.05) is 11.6 Å². The van der Waals surface area contributed by atoms with Crippen LogP contribution in [0, 0.1) is 23.0 Å². The van der Waals surface area contributed by atoms with Crippen LogP contribution in [0.1, 0.15) is 5.56 Å². The van der Waals surface area contributed by atoms with Crippen LogP contribution in [0.2, 0.25) is 5.02 Å². The molecular formula is C8H4ClF2N. The molecule has 0 aliphatic heterocycles. The van der Waals surface area contributed by atoms with Crippen LogP contribution in [-0.2, 0) is 6.42 Å². The molecule has 1 nitrogen and oxygen atoms in total. The van der Waals surface area contributed by atoms with Gasteiger partial charge in [0.2, 0.25) is 0 Å². The molecule has 0 fully saturated rings. The highest BCUT2D eigenvalue weighted by molar-refractivity contribution is 6.31. The Morgan fingerprint density at radius 1 is 1.33 bits per heavy atom. The van der Waals surface area contributed by atoms with E-state index in [1.165, 1.54) is 0 Å². The molecule has 0 aliphatic rings. The van der Waals surface area contributed by atoms with Gasteiger partial charge >= 0.3 is 0 Å². The van der Waals surface area contributed by atoms with Crippen molar-refractivity contribution in [3.05, 3.63) is 34.4 Å². The molecule has 0 saturated carbocycles. The predicted octanol–water partition coefficient (Wildman–Crippen LogP) is 2.68. The normalized spacial score (nSPS) is 9.50. The molecule has 0 unspecified atom stereocenters. The summed E-state index contributed by atoms with van der Waals surface area (Å²) in [5.74, 6) is -1.98. The zero-order valence-corrected chi connectivity index (χ0v) is 6.70. The van der Waals surface area contributed by atoms with Crippen LogP contribution in [-0.4, -0.2) is 0 Å². The molecule has 1 rings (SSSR count). The number of nitrogens with zero attached hydrogens (tertiary/aromatic N) is 1. The molecule has 0 spiro atoms. The van der Waals surface area contributed by atoms with Crippen molar-refractivity contribution in [3.8, 4) is 6.07 Å². The molecule has 0 aromatic heterocycles. The minimum atomic E-state index is -0.998. The summed E-state index contributed by atoms with van der Waals surface area (Å²) >= 11 is 5.52. The van der Waals surface area contributed by atoms with Crippen LogP contribution in [0.15, 0.2) is 12.1 Å². The second-order valence-corrected chi connectivity index (χ2v) is 2.60. The molecule has 12 heavy (non-hydrogen) atoms. The van der Waals surface area contributed by atoms with E-state index >= 15 is 0 Å². The molecule has 62 valence electrons. The molecule has 1 aromatic carbocycles. The van der Waals surface area contributed by atoms with Crippen LogP contribution < -0.4 is 0 Å². The summed E-state index contributed by atoms with van der Waals surface area (Å²) < 4.78 is 25.0. The third-order valence-electron chi connectivity index (χ3n) is 1.36. The Bertz CT molecular complexity index is 344. The molecule has 0 radical (unpaired) electrons. The van der Waals surface area contributed by atoms with Gasteiger partial charge in [0.15, 0.2) is 11.6 Å². The standard InChI is InChI=1S/C8H4ClF2N/c9-6-4-8(11)7(10)3-5(6)1-2-12/h3-4H,1H2. The third-order valence-corrected chi connectivity index (χ3v) is 1.71. The minimum Gasteiger partial charge on any atom is -0.204 e. The van der Waals surface area contributed by atoms with Crippen molar-refractivity contribution in [2.75, 3.05) is 0 Å². The van der Waals surface area contributed by atoms with E-state index < -0.39 is 11.6 Å². The Hall–Kier alpha value is -1.14. The maximum absolute atomic E-state index is 12.5. The lowest BCUT2D eigenvalue weighted by molar-refractivity contribution is 0.507. The van der Waals surface area contributed by atoms with Crippen molar-refractivity contribution in [3.63, 3.8) is 0 Å². The van der Waals surface area contributed by atoms with Crippen molar-refractivity contribution >= 4 is 11.6 Å². The van der Waals surface area contributed by atoms with E-state index in [0.29, 0.717) is 5.56 Å². The van der Waals surface area contributed by atoms with Crippen molar-refractivity contribution in [2.45, 2.75) is 6.42 Å². The van der Waals surface area contributed by atoms with E-state index in [-0.39, 0.29) is 11.4 Å². The van der Waals surface area contributed by atoms with Gasteiger partial charge in [-0.05, 0) is 17.7 Å². The second kappa shape index (κ2) is 3.51. The number of rotatable bonds is 1. The lowest BCUT2D eigenvalue weighted by atomic mass is 10.1. The molecular weight excluding hydrogens is 184 g/mol. The fourth-order valence-electron chi connectivity index (χ4n) is 0.784. The molecule has 1 aromatic rings. The molecule has 0 amide bonds. The number of hydrogen-bond donors (Lipinski definition) is 0. The van der Waals surface area contributed by atoms with Crippen molar-refractivity contribution < 1.29 is 8.78 Å². The van der Waals surface area contributed by atoms with Gasteiger partial charge in [-0.2, -0.15) is 5.26 Å². The Balaban J connectivity index is 3.16. The van der Waals surface area contributed by atoms with Gasteiger partial charge in [0, 0.05) is 5.02 Å². The van der Waals surface area contributed by atoms with Crippen LogP contribution >= 0.6 is 11.6 Å². The molecule has 0 heterocycles. The van der Waals surface area contributed by atoms with Crippen LogP contribution in [0.25, 0.3) is 0 Å².